The number of unbranched alkanes of at least 4 members (excludes halogenated alkanes) is 7. The molecule has 0 N–H and O–H groups in total. The largest absolute Gasteiger partial charge is 0.491 e. The Morgan fingerprint density at radius 2 is 1.03 bits per heavy atom. The molecule has 2 aromatic rings. The van der Waals surface area contributed by atoms with Gasteiger partial charge in [0.2, 0.25) is 11.6 Å². The average molecular weight is 534 g/mol. The lowest BCUT2D eigenvalue weighted by Crippen LogP contribution is -2.39. The van der Waals surface area contributed by atoms with Gasteiger partial charge in [0.15, 0.2) is 34.8 Å². The number of methoxy groups -OCH3 is 2. The smallest absolute Gasteiger partial charge is 0.263 e. The summed E-state index contributed by atoms with van der Waals surface area (Å²) in [6.07, 6.45) is 6.63. The van der Waals surface area contributed by atoms with Crippen molar-refractivity contribution in [2.24, 2.45) is 0 Å². The SMILES string of the molecule is CCCCCCCCCCN(C(=O)c1cc(F)c(F)c(OC)c1F)C(=O)c1cc(F)c(F)c(OC)c1F. The molecular formula is C26H29F6NO4. The maximum absolute atomic E-state index is 14.8. The molecule has 0 radical (unpaired) electrons. The molecule has 0 aliphatic heterocycles. The van der Waals surface area contributed by atoms with Gasteiger partial charge in [-0.05, 0) is 18.6 Å². The minimum atomic E-state index is -1.69. The van der Waals surface area contributed by atoms with Crippen LogP contribution in [-0.2, 0) is 0 Å². The minimum Gasteiger partial charge on any atom is -0.491 e. The first kappa shape index (κ1) is 30.0. The number of halogens is 6. The van der Waals surface area contributed by atoms with Gasteiger partial charge in [-0.25, -0.2) is 17.6 Å². The number of imide groups is 1. The van der Waals surface area contributed by atoms with Gasteiger partial charge in [0.05, 0.1) is 25.3 Å². The van der Waals surface area contributed by atoms with E-state index in [0.29, 0.717) is 11.3 Å². The van der Waals surface area contributed by atoms with Crippen LogP contribution >= 0.6 is 0 Å². The Morgan fingerprint density at radius 3 is 1.41 bits per heavy atom. The van der Waals surface area contributed by atoms with Crippen LogP contribution in [0.5, 0.6) is 11.5 Å². The summed E-state index contributed by atoms with van der Waals surface area (Å²) in [6.45, 7) is 1.70. The van der Waals surface area contributed by atoms with Gasteiger partial charge in [-0.1, -0.05) is 51.9 Å². The Bertz CT molecular complexity index is 1050. The third-order valence-corrected chi connectivity index (χ3v) is 5.83. The zero-order valence-electron chi connectivity index (χ0n) is 20.9. The molecule has 204 valence electrons. The van der Waals surface area contributed by atoms with Crippen LogP contribution in [0.4, 0.5) is 26.3 Å². The number of nitrogens with zero attached hydrogens (tertiary/aromatic N) is 1. The highest BCUT2D eigenvalue weighted by atomic mass is 19.2. The van der Waals surface area contributed by atoms with Crippen LogP contribution in [0.1, 0.15) is 79.0 Å². The lowest BCUT2D eigenvalue weighted by Gasteiger charge is -2.22. The van der Waals surface area contributed by atoms with Crippen LogP contribution in [-0.4, -0.2) is 37.5 Å². The van der Waals surface area contributed by atoms with Gasteiger partial charge in [-0.2, -0.15) is 8.78 Å². The van der Waals surface area contributed by atoms with E-state index >= 15 is 0 Å². The third-order valence-electron chi connectivity index (χ3n) is 5.83. The van der Waals surface area contributed by atoms with Crippen molar-refractivity contribution in [2.45, 2.75) is 58.3 Å². The van der Waals surface area contributed by atoms with Crippen molar-refractivity contribution in [3.63, 3.8) is 0 Å². The summed E-state index contributed by atoms with van der Waals surface area (Å²) in [5, 5.41) is 0. The van der Waals surface area contributed by atoms with E-state index in [1.54, 1.807) is 0 Å². The molecule has 0 saturated carbocycles. The second-order valence-electron chi connectivity index (χ2n) is 8.37. The molecule has 0 aliphatic carbocycles. The number of hydrogen-bond donors (Lipinski definition) is 0. The van der Waals surface area contributed by atoms with E-state index in [1.165, 1.54) is 0 Å². The fourth-order valence-corrected chi connectivity index (χ4v) is 3.82. The van der Waals surface area contributed by atoms with E-state index in [4.69, 9.17) is 0 Å². The normalized spacial score (nSPS) is 10.9. The molecule has 5 nitrogen and oxygen atoms in total. The van der Waals surface area contributed by atoms with Crippen LogP contribution in [0, 0.1) is 34.9 Å². The number of carbonyl (C=O) groups excluding carboxylic acids is 2. The molecule has 2 aromatic carbocycles. The van der Waals surface area contributed by atoms with E-state index in [9.17, 15) is 35.9 Å². The van der Waals surface area contributed by atoms with E-state index in [0.717, 1.165) is 52.7 Å². The zero-order chi connectivity index (χ0) is 27.7. The maximum Gasteiger partial charge on any atom is 0.263 e. The number of amides is 2. The van der Waals surface area contributed by atoms with Crippen molar-refractivity contribution in [3.8, 4) is 11.5 Å². The number of hydrogen-bond acceptors (Lipinski definition) is 4. The van der Waals surface area contributed by atoms with Crippen LogP contribution in [0.2, 0.25) is 0 Å². The Hall–Kier alpha value is -3.24. The summed E-state index contributed by atoms with van der Waals surface area (Å²) in [6, 6.07) is 0.484. The van der Waals surface area contributed by atoms with Gasteiger partial charge < -0.3 is 9.47 Å². The van der Waals surface area contributed by atoms with Crippen molar-refractivity contribution in [2.75, 3.05) is 20.8 Å². The highest BCUT2D eigenvalue weighted by Gasteiger charge is 2.33. The number of ether oxygens (including phenoxy) is 2. The zero-order valence-corrected chi connectivity index (χ0v) is 20.9. The predicted octanol–water partition coefficient (Wildman–Crippen LogP) is 6.96. The standard InChI is InChI=1S/C26H29F6NO4/c1-4-5-6-7-8-9-10-11-12-33(25(34)15-13-17(27)21(31)23(36-2)19(15)29)26(35)16-14-18(28)22(32)24(37-3)20(16)30/h13-14H,4-12H2,1-3H3. The summed E-state index contributed by atoms with van der Waals surface area (Å²) in [4.78, 5) is 26.7. The Kier molecular flexibility index (Phi) is 11.3. The third kappa shape index (κ3) is 6.95. The molecule has 0 spiro atoms. The van der Waals surface area contributed by atoms with Crippen LogP contribution in [0.3, 0.4) is 0 Å². The van der Waals surface area contributed by atoms with Crippen molar-refractivity contribution in [1.29, 1.82) is 0 Å². The van der Waals surface area contributed by atoms with E-state index in [2.05, 4.69) is 16.4 Å². The molecule has 0 unspecified atom stereocenters. The van der Waals surface area contributed by atoms with Gasteiger partial charge in [0, 0.05) is 6.54 Å². The number of benzene rings is 2. The molecule has 2 amide bonds. The maximum atomic E-state index is 14.8. The van der Waals surface area contributed by atoms with Gasteiger partial charge in [-0.15, -0.1) is 0 Å². The van der Waals surface area contributed by atoms with E-state index < -0.39 is 69.3 Å². The highest BCUT2D eigenvalue weighted by Crippen LogP contribution is 2.30. The monoisotopic (exact) mass is 533 g/mol. The van der Waals surface area contributed by atoms with Gasteiger partial charge >= 0.3 is 0 Å². The molecule has 2 rings (SSSR count). The topological polar surface area (TPSA) is 55.8 Å². The second-order valence-corrected chi connectivity index (χ2v) is 8.37. The summed E-state index contributed by atoms with van der Waals surface area (Å²) >= 11 is 0. The highest BCUT2D eigenvalue weighted by molar-refractivity contribution is 6.10. The number of rotatable bonds is 13. The molecule has 0 atom stereocenters. The first-order chi connectivity index (χ1) is 17.6. The Balaban J connectivity index is 2.40. The summed E-state index contributed by atoms with van der Waals surface area (Å²) in [7, 11) is 1.70. The molecule has 0 bridgehead atoms. The lowest BCUT2D eigenvalue weighted by atomic mass is 10.1. The lowest BCUT2D eigenvalue weighted by molar-refractivity contribution is 0.0605. The molecule has 0 fully saturated rings. The fraction of sp³-hybridized carbons (Fsp3) is 0.462. The van der Waals surface area contributed by atoms with Crippen molar-refractivity contribution in [1.82, 2.24) is 4.90 Å². The quantitative estimate of drug-likeness (QED) is 0.121. The van der Waals surface area contributed by atoms with E-state index in [-0.39, 0.29) is 25.1 Å². The molecule has 0 heterocycles. The van der Waals surface area contributed by atoms with Gasteiger partial charge in [0.1, 0.15) is 0 Å². The number of carbonyl (C=O) groups is 2. The summed E-state index contributed by atoms with van der Waals surface area (Å²) < 4.78 is 94.4. The van der Waals surface area contributed by atoms with E-state index in [1.807, 2.05) is 0 Å². The van der Waals surface area contributed by atoms with Gasteiger partial charge in [0.25, 0.3) is 11.8 Å². The first-order valence-electron chi connectivity index (χ1n) is 11.9. The molecule has 0 aliphatic rings. The molecule has 11 heteroatoms. The Morgan fingerprint density at radius 1 is 0.649 bits per heavy atom. The fourth-order valence-electron chi connectivity index (χ4n) is 3.82. The molecule has 0 aromatic heterocycles. The van der Waals surface area contributed by atoms with Crippen molar-refractivity contribution in [3.05, 3.63) is 58.2 Å². The van der Waals surface area contributed by atoms with Crippen LogP contribution in [0.25, 0.3) is 0 Å². The average Bonchev–Trinajstić information content (AvgIpc) is 2.87. The van der Waals surface area contributed by atoms with Crippen molar-refractivity contribution >= 4 is 11.8 Å². The second kappa shape index (κ2) is 13.9. The van der Waals surface area contributed by atoms with Crippen LogP contribution < -0.4 is 9.47 Å². The summed E-state index contributed by atoms with van der Waals surface area (Å²) in [5.41, 5.74) is -2.11. The summed E-state index contributed by atoms with van der Waals surface area (Å²) in [5.74, 6) is -15.0. The van der Waals surface area contributed by atoms with Crippen molar-refractivity contribution < 1.29 is 45.4 Å². The minimum absolute atomic E-state index is 0.204. The van der Waals surface area contributed by atoms with Gasteiger partial charge in [-0.3, -0.25) is 14.5 Å². The van der Waals surface area contributed by atoms with Crippen LogP contribution in [0.15, 0.2) is 12.1 Å². The molecule has 0 saturated heterocycles. The molecular weight excluding hydrogens is 504 g/mol. The first-order valence-corrected chi connectivity index (χ1v) is 11.9. The predicted molar refractivity (Wildman–Crippen MR) is 124 cm³/mol. The molecule has 37 heavy (non-hydrogen) atoms. The Labute approximate surface area is 211 Å².